The zero-order valence-electron chi connectivity index (χ0n) is 14.1. The van der Waals surface area contributed by atoms with Gasteiger partial charge in [0.1, 0.15) is 0 Å². The molecule has 0 aliphatic carbocycles. The lowest BCUT2D eigenvalue weighted by Gasteiger charge is -2.14. The maximum absolute atomic E-state index is 5.81. The van der Waals surface area contributed by atoms with Crippen molar-refractivity contribution in [3.05, 3.63) is 17.5 Å². The van der Waals surface area contributed by atoms with Crippen LogP contribution >= 0.6 is 0 Å². The van der Waals surface area contributed by atoms with E-state index in [2.05, 4.69) is 36.1 Å². The molecule has 0 bridgehead atoms. The van der Waals surface area contributed by atoms with E-state index < -0.39 is 0 Å². The van der Waals surface area contributed by atoms with Crippen LogP contribution in [0.5, 0.6) is 6.01 Å². The third-order valence-corrected chi connectivity index (χ3v) is 3.57. The van der Waals surface area contributed by atoms with Gasteiger partial charge in [0.15, 0.2) is 0 Å². The van der Waals surface area contributed by atoms with Crippen LogP contribution in [-0.2, 0) is 6.54 Å². The van der Waals surface area contributed by atoms with Crippen molar-refractivity contribution in [2.45, 2.75) is 78.9 Å². The second-order valence-corrected chi connectivity index (χ2v) is 5.72. The Balaban J connectivity index is 2.39. The van der Waals surface area contributed by atoms with Crippen molar-refractivity contribution in [3.8, 4) is 6.01 Å². The number of nitrogens with zero attached hydrogens (tertiary/aromatic N) is 2. The van der Waals surface area contributed by atoms with Gasteiger partial charge in [0, 0.05) is 24.0 Å². The molecule has 4 heteroatoms. The molecule has 1 aromatic rings. The minimum absolute atomic E-state index is 0.185. The largest absolute Gasteiger partial charge is 0.460 e. The number of aryl methyl sites for hydroxylation is 1. The predicted molar refractivity (Wildman–Crippen MR) is 87.6 cm³/mol. The zero-order valence-corrected chi connectivity index (χ0v) is 14.1. The number of hydrogen-bond acceptors (Lipinski definition) is 4. The lowest BCUT2D eigenvalue weighted by atomic mass is 10.1. The molecule has 1 rings (SSSR count). The summed E-state index contributed by atoms with van der Waals surface area (Å²) in [4.78, 5) is 8.79. The van der Waals surface area contributed by atoms with Crippen molar-refractivity contribution < 1.29 is 4.74 Å². The minimum atomic E-state index is 0.185. The molecule has 0 aliphatic rings. The molecule has 0 radical (unpaired) electrons. The lowest BCUT2D eigenvalue weighted by Crippen LogP contribution is -2.17. The van der Waals surface area contributed by atoms with Crippen LogP contribution in [0.25, 0.3) is 0 Å². The highest BCUT2D eigenvalue weighted by molar-refractivity contribution is 5.17. The standard InChI is InChI=1S/C17H31N3O/c1-5-7-8-9-10-14(3)21-17-19-13-16(15(4)20-17)12-18-11-6-2/h13-14,18H,5-12H2,1-4H3. The Kier molecular flexibility index (Phi) is 8.99. The summed E-state index contributed by atoms with van der Waals surface area (Å²) in [7, 11) is 0. The summed E-state index contributed by atoms with van der Waals surface area (Å²) in [5, 5.41) is 3.37. The van der Waals surface area contributed by atoms with Crippen molar-refractivity contribution in [1.29, 1.82) is 0 Å². The van der Waals surface area contributed by atoms with Gasteiger partial charge < -0.3 is 10.1 Å². The first kappa shape index (κ1) is 17.9. The molecular weight excluding hydrogens is 262 g/mol. The van der Waals surface area contributed by atoms with Crippen LogP contribution in [0.3, 0.4) is 0 Å². The van der Waals surface area contributed by atoms with Gasteiger partial charge in [0.25, 0.3) is 0 Å². The molecule has 0 saturated heterocycles. The van der Waals surface area contributed by atoms with Crippen LogP contribution in [-0.4, -0.2) is 22.6 Å². The fourth-order valence-electron chi connectivity index (χ4n) is 2.20. The first-order valence-electron chi connectivity index (χ1n) is 8.37. The molecule has 1 aromatic heterocycles. The molecule has 0 aliphatic heterocycles. The highest BCUT2D eigenvalue weighted by Crippen LogP contribution is 2.13. The molecule has 0 amide bonds. The van der Waals surface area contributed by atoms with Crippen LogP contribution in [0.1, 0.15) is 70.6 Å². The Morgan fingerprint density at radius 3 is 2.67 bits per heavy atom. The second-order valence-electron chi connectivity index (χ2n) is 5.72. The number of unbranched alkanes of at least 4 members (excludes halogenated alkanes) is 3. The van der Waals surface area contributed by atoms with Gasteiger partial charge in [-0.25, -0.2) is 9.97 Å². The molecule has 4 nitrogen and oxygen atoms in total. The van der Waals surface area contributed by atoms with Crippen LogP contribution < -0.4 is 10.1 Å². The first-order chi connectivity index (χ1) is 10.2. The Morgan fingerprint density at radius 1 is 1.19 bits per heavy atom. The average Bonchev–Trinajstić information content (AvgIpc) is 2.46. The number of aromatic nitrogens is 2. The molecule has 21 heavy (non-hydrogen) atoms. The Labute approximate surface area is 129 Å². The summed E-state index contributed by atoms with van der Waals surface area (Å²) in [6.45, 7) is 10.4. The van der Waals surface area contributed by atoms with E-state index in [4.69, 9.17) is 4.74 Å². The molecule has 1 atom stereocenters. The highest BCUT2D eigenvalue weighted by atomic mass is 16.5. The van der Waals surface area contributed by atoms with E-state index in [1.807, 2.05) is 13.1 Å². The maximum Gasteiger partial charge on any atom is 0.316 e. The third kappa shape index (κ3) is 7.42. The first-order valence-corrected chi connectivity index (χ1v) is 8.37. The predicted octanol–water partition coefficient (Wildman–Crippen LogP) is 4.02. The molecule has 0 aromatic carbocycles. The van der Waals surface area contributed by atoms with Gasteiger partial charge in [-0.15, -0.1) is 0 Å². The van der Waals surface area contributed by atoms with Gasteiger partial charge in [-0.1, -0.05) is 33.1 Å². The molecular formula is C17H31N3O. The number of ether oxygens (including phenoxy) is 1. The molecule has 1 N–H and O–H groups in total. The van der Waals surface area contributed by atoms with E-state index in [9.17, 15) is 0 Å². The van der Waals surface area contributed by atoms with E-state index in [-0.39, 0.29) is 6.10 Å². The van der Waals surface area contributed by atoms with E-state index in [1.165, 1.54) is 25.7 Å². The summed E-state index contributed by atoms with van der Waals surface area (Å²) < 4.78 is 5.81. The quantitative estimate of drug-likeness (QED) is 0.626. The van der Waals surface area contributed by atoms with Gasteiger partial charge in [-0.2, -0.15) is 0 Å². The summed E-state index contributed by atoms with van der Waals surface area (Å²) in [6, 6.07) is 0.509. The van der Waals surface area contributed by atoms with Crippen molar-refractivity contribution >= 4 is 0 Å². The maximum atomic E-state index is 5.81. The smallest absolute Gasteiger partial charge is 0.316 e. The number of hydrogen-bond donors (Lipinski definition) is 1. The van der Waals surface area contributed by atoms with Crippen LogP contribution in [0.4, 0.5) is 0 Å². The average molecular weight is 293 g/mol. The Hall–Kier alpha value is -1.16. The van der Waals surface area contributed by atoms with Crippen molar-refractivity contribution in [2.24, 2.45) is 0 Å². The van der Waals surface area contributed by atoms with Gasteiger partial charge in [0.2, 0.25) is 0 Å². The van der Waals surface area contributed by atoms with Gasteiger partial charge in [0.05, 0.1) is 6.10 Å². The second kappa shape index (κ2) is 10.6. The molecule has 0 spiro atoms. The molecule has 0 fully saturated rings. The van der Waals surface area contributed by atoms with Crippen LogP contribution in [0.2, 0.25) is 0 Å². The minimum Gasteiger partial charge on any atom is -0.460 e. The van der Waals surface area contributed by atoms with E-state index >= 15 is 0 Å². The Morgan fingerprint density at radius 2 is 2.00 bits per heavy atom. The monoisotopic (exact) mass is 293 g/mol. The van der Waals surface area contributed by atoms with E-state index in [0.29, 0.717) is 6.01 Å². The topological polar surface area (TPSA) is 47.0 Å². The summed E-state index contributed by atoms with van der Waals surface area (Å²) in [5.41, 5.74) is 2.15. The van der Waals surface area contributed by atoms with Crippen LogP contribution in [0, 0.1) is 6.92 Å². The van der Waals surface area contributed by atoms with Gasteiger partial charge in [-0.05, 0) is 39.7 Å². The van der Waals surface area contributed by atoms with Crippen LogP contribution in [0.15, 0.2) is 6.20 Å². The zero-order chi connectivity index (χ0) is 15.5. The SMILES string of the molecule is CCCCCCC(C)Oc1ncc(CNCCC)c(C)n1. The summed E-state index contributed by atoms with van der Waals surface area (Å²) in [5.74, 6) is 0. The normalized spacial score (nSPS) is 12.4. The highest BCUT2D eigenvalue weighted by Gasteiger charge is 2.08. The van der Waals surface area contributed by atoms with E-state index in [1.54, 1.807) is 0 Å². The molecule has 0 saturated carbocycles. The van der Waals surface area contributed by atoms with Gasteiger partial charge in [-0.3, -0.25) is 0 Å². The van der Waals surface area contributed by atoms with Crippen molar-refractivity contribution in [1.82, 2.24) is 15.3 Å². The van der Waals surface area contributed by atoms with Crippen molar-refractivity contribution in [2.75, 3.05) is 6.54 Å². The third-order valence-electron chi connectivity index (χ3n) is 3.57. The fourth-order valence-corrected chi connectivity index (χ4v) is 2.20. The summed E-state index contributed by atoms with van der Waals surface area (Å²) >= 11 is 0. The fraction of sp³-hybridized carbons (Fsp3) is 0.765. The molecule has 1 unspecified atom stereocenters. The number of nitrogens with one attached hydrogen (secondary N) is 1. The lowest BCUT2D eigenvalue weighted by molar-refractivity contribution is 0.189. The van der Waals surface area contributed by atoms with Gasteiger partial charge >= 0.3 is 6.01 Å². The molecule has 120 valence electrons. The summed E-state index contributed by atoms with van der Waals surface area (Å²) in [6.07, 6.45) is 9.35. The Bertz CT molecular complexity index is 396. The van der Waals surface area contributed by atoms with E-state index in [0.717, 1.165) is 37.2 Å². The molecule has 1 heterocycles. The van der Waals surface area contributed by atoms with Crippen molar-refractivity contribution in [3.63, 3.8) is 0 Å². The number of rotatable bonds is 11.